The molecule has 1 fully saturated rings. The van der Waals surface area contributed by atoms with E-state index in [1.54, 1.807) is 0 Å². The van der Waals surface area contributed by atoms with Crippen LogP contribution in [-0.2, 0) is 0 Å². The Labute approximate surface area is 128 Å². The molecule has 0 spiro atoms. The van der Waals surface area contributed by atoms with Crippen LogP contribution in [-0.4, -0.2) is 35.1 Å². The predicted molar refractivity (Wildman–Crippen MR) is 80.1 cm³/mol. The lowest BCUT2D eigenvalue weighted by Gasteiger charge is -2.16. The Kier molecular flexibility index (Phi) is 2.87. The number of ether oxygens (including phenoxy) is 1. The fourth-order valence-corrected chi connectivity index (χ4v) is 3.56. The maximum absolute atomic E-state index is 13.8. The number of likely N-dealkylation sites (N-methyl/N-ethyl adjacent to an activating group) is 1. The van der Waals surface area contributed by atoms with E-state index in [1.165, 1.54) is 12.1 Å². The van der Waals surface area contributed by atoms with Gasteiger partial charge in [-0.2, -0.15) is 0 Å². The Hall–Kier alpha value is -2.14. The van der Waals surface area contributed by atoms with Crippen LogP contribution in [0.15, 0.2) is 24.4 Å². The van der Waals surface area contributed by atoms with E-state index in [4.69, 9.17) is 4.74 Å². The van der Waals surface area contributed by atoms with Crippen molar-refractivity contribution < 1.29 is 14.2 Å². The van der Waals surface area contributed by atoms with E-state index in [0.29, 0.717) is 11.5 Å². The van der Waals surface area contributed by atoms with Gasteiger partial charge in [0.1, 0.15) is 11.5 Å². The van der Waals surface area contributed by atoms with E-state index in [1.807, 2.05) is 19.2 Å². The normalized spacial score (nSPS) is 23.2. The summed E-state index contributed by atoms with van der Waals surface area (Å²) in [6.45, 7) is 3.66. The largest absolute Gasteiger partial charge is 0.505 e. The molecule has 2 aliphatic heterocycles. The molecule has 5 heteroatoms. The molecule has 1 saturated heterocycles. The minimum atomic E-state index is -0.661. The van der Waals surface area contributed by atoms with Gasteiger partial charge in [-0.25, -0.2) is 4.39 Å². The van der Waals surface area contributed by atoms with E-state index in [9.17, 15) is 9.50 Å². The van der Waals surface area contributed by atoms with Crippen molar-refractivity contribution in [3.05, 3.63) is 47.0 Å². The Morgan fingerprint density at radius 3 is 2.82 bits per heavy atom. The number of rotatable bonds is 0. The Bertz CT molecular complexity index is 763. The van der Waals surface area contributed by atoms with Crippen LogP contribution >= 0.6 is 0 Å². The highest BCUT2D eigenvalue weighted by atomic mass is 19.1. The number of hydrogen-bond acceptors (Lipinski definition) is 4. The molecule has 0 aliphatic carbocycles. The van der Waals surface area contributed by atoms with Crippen molar-refractivity contribution in [1.82, 2.24) is 9.88 Å². The lowest BCUT2D eigenvalue weighted by Crippen LogP contribution is -2.14. The Morgan fingerprint density at radius 2 is 2.00 bits per heavy atom. The zero-order valence-electron chi connectivity index (χ0n) is 12.5. The van der Waals surface area contributed by atoms with Crippen LogP contribution in [0.4, 0.5) is 4.39 Å². The SMILES string of the molecule is Cc1cnc2c(c1)Oc1cc(F)c(O)cc1[C@@H]1CN(C)C[C@H]21. The molecule has 22 heavy (non-hydrogen) atoms. The number of hydrogen-bond donors (Lipinski definition) is 1. The van der Waals surface area contributed by atoms with E-state index in [-0.39, 0.29) is 17.6 Å². The quantitative estimate of drug-likeness (QED) is 0.812. The van der Waals surface area contributed by atoms with Gasteiger partial charge in [-0.05, 0) is 31.7 Å². The van der Waals surface area contributed by atoms with Crippen LogP contribution in [0.25, 0.3) is 0 Å². The van der Waals surface area contributed by atoms with Crippen molar-refractivity contribution in [2.45, 2.75) is 18.8 Å². The fraction of sp³-hybridized carbons (Fsp3) is 0.353. The van der Waals surface area contributed by atoms with Crippen molar-refractivity contribution in [2.75, 3.05) is 20.1 Å². The number of pyridine rings is 1. The van der Waals surface area contributed by atoms with Gasteiger partial charge in [-0.3, -0.25) is 4.98 Å². The third-order valence-corrected chi connectivity index (χ3v) is 4.57. The first-order valence-electron chi connectivity index (χ1n) is 7.38. The summed E-state index contributed by atoms with van der Waals surface area (Å²) in [5.41, 5.74) is 2.77. The minimum Gasteiger partial charge on any atom is -0.505 e. The van der Waals surface area contributed by atoms with Crippen LogP contribution in [0.2, 0.25) is 0 Å². The third kappa shape index (κ3) is 1.96. The Balaban J connectivity index is 1.95. The second-order valence-electron chi connectivity index (χ2n) is 6.27. The topological polar surface area (TPSA) is 45.6 Å². The van der Waals surface area contributed by atoms with Crippen LogP contribution in [0.5, 0.6) is 17.2 Å². The van der Waals surface area contributed by atoms with Gasteiger partial charge in [0.05, 0.1) is 5.69 Å². The maximum Gasteiger partial charge on any atom is 0.168 e. The van der Waals surface area contributed by atoms with Gasteiger partial charge in [-0.15, -0.1) is 0 Å². The number of phenols is 1. The average molecular weight is 300 g/mol. The van der Waals surface area contributed by atoms with E-state index in [2.05, 4.69) is 16.9 Å². The summed E-state index contributed by atoms with van der Waals surface area (Å²) in [7, 11) is 2.06. The van der Waals surface area contributed by atoms with Crippen LogP contribution in [0.1, 0.15) is 28.7 Å². The first-order valence-corrected chi connectivity index (χ1v) is 7.38. The summed E-state index contributed by atoms with van der Waals surface area (Å²) >= 11 is 0. The molecule has 2 atom stereocenters. The standard InChI is InChI=1S/C17H17FN2O2/c1-9-3-16-17(19-6-9)12-8-20(2)7-11(12)10-4-14(21)13(18)5-15(10)22-16/h3-6,11-12,21H,7-8H2,1-2H3/t11-,12-/m0/s1. The summed E-state index contributed by atoms with van der Waals surface area (Å²) in [5, 5.41) is 9.75. The molecule has 4 rings (SSSR count). The number of aromatic nitrogens is 1. The zero-order valence-corrected chi connectivity index (χ0v) is 12.5. The van der Waals surface area contributed by atoms with Gasteiger partial charge in [0.15, 0.2) is 11.6 Å². The van der Waals surface area contributed by atoms with Crippen molar-refractivity contribution in [1.29, 1.82) is 0 Å². The molecule has 3 heterocycles. The second-order valence-corrected chi connectivity index (χ2v) is 6.27. The minimum absolute atomic E-state index is 0.142. The molecule has 1 aromatic heterocycles. The highest BCUT2D eigenvalue weighted by Crippen LogP contribution is 2.49. The lowest BCUT2D eigenvalue weighted by atomic mass is 9.86. The molecule has 0 saturated carbocycles. The van der Waals surface area contributed by atoms with Crippen molar-refractivity contribution in [3.63, 3.8) is 0 Å². The molecule has 0 bridgehead atoms. The first kappa shape index (κ1) is 13.5. The summed E-state index contributed by atoms with van der Waals surface area (Å²) in [6, 6.07) is 4.72. The number of nitrogens with zero attached hydrogens (tertiary/aromatic N) is 2. The van der Waals surface area contributed by atoms with Crippen molar-refractivity contribution >= 4 is 0 Å². The van der Waals surface area contributed by atoms with Gasteiger partial charge >= 0.3 is 0 Å². The molecule has 114 valence electrons. The lowest BCUT2D eigenvalue weighted by molar-refractivity contribution is 0.396. The number of phenolic OH excluding ortho intramolecular Hbond substituents is 1. The molecule has 0 amide bonds. The van der Waals surface area contributed by atoms with Gasteiger partial charge < -0.3 is 14.7 Å². The monoisotopic (exact) mass is 300 g/mol. The predicted octanol–water partition coefficient (Wildman–Crippen LogP) is 3.15. The van der Waals surface area contributed by atoms with E-state index >= 15 is 0 Å². The summed E-state index contributed by atoms with van der Waals surface area (Å²) in [4.78, 5) is 6.81. The van der Waals surface area contributed by atoms with Gasteiger partial charge in [0.25, 0.3) is 0 Å². The van der Waals surface area contributed by atoms with Crippen LogP contribution < -0.4 is 4.74 Å². The molecule has 1 aromatic carbocycles. The highest BCUT2D eigenvalue weighted by Gasteiger charge is 2.40. The molecular formula is C17H17FN2O2. The summed E-state index contributed by atoms with van der Waals surface area (Å²) < 4.78 is 19.7. The third-order valence-electron chi connectivity index (χ3n) is 4.57. The average Bonchev–Trinajstić information content (AvgIpc) is 2.79. The van der Waals surface area contributed by atoms with Crippen molar-refractivity contribution in [3.8, 4) is 17.2 Å². The molecule has 2 aliphatic rings. The van der Waals surface area contributed by atoms with Gasteiger partial charge in [0, 0.05) is 42.8 Å². The zero-order chi connectivity index (χ0) is 15.4. The molecular weight excluding hydrogens is 283 g/mol. The fourth-order valence-electron chi connectivity index (χ4n) is 3.56. The molecule has 1 N–H and O–H groups in total. The van der Waals surface area contributed by atoms with E-state index < -0.39 is 5.82 Å². The Morgan fingerprint density at radius 1 is 1.23 bits per heavy atom. The van der Waals surface area contributed by atoms with Gasteiger partial charge in [0.2, 0.25) is 0 Å². The maximum atomic E-state index is 13.8. The molecule has 0 radical (unpaired) electrons. The van der Waals surface area contributed by atoms with Crippen molar-refractivity contribution in [2.24, 2.45) is 0 Å². The first-order chi connectivity index (χ1) is 10.5. The highest BCUT2D eigenvalue weighted by molar-refractivity contribution is 5.51. The second kappa shape index (κ2) is 4.68. The number of fused-ring (bicyclic) bond motifs is 5. The number of aromatic hydroxyl groups is 1. The molecule has 2 aromatic rings. The number of aryl methyl sites for hydroxylation is 1. The number of halogens is 1. The van der Waals surface area contributed by atoms with E-state index in [0.717, 1.165) is 29.9 Å². The van der Waals surface area contributed by atoms with Crippen LogP contribution in [0.3, 0.4) is 0 Å². The number of likely N-dealkylation sites (tertiary alicyclic amines) is 1. The summed E-state index contributed by atoms with van der Waals surface area (Å²) in [5.74, 6) is 0.506. The molecule has 0 unspecified atom stereocenters. The molecule has 4 nitrogen and oxygen atoms in total. The number of benzene rings is 1. The van der Waals surface area contributed by atoms with Crippen LogP contribution in [0, 0.1) is 12.7 Å². The smallest absolute Gasteiger partial charge is 0.168 e. The van der Waals surface area contributed by atoms with Gasteiger partial charge in [-0.1, -0.05) is 0 Å². The summed E-state index contributed by atoms with van der Waals surface area (Å²) in [6.07, 6.45) is 1.84.